The maximum Gasteiger partial charge on any atom is 0.223 e. The molecule has 21 heavy (non-hydrogen) atoms. The maximum absolute atomic E-state index is 12.4. The van der Waals surface area contributed by atoms with E-state index in [1.165, 1.54) is 5.56 Å². The van der Waals surface area contributed by atoms with Gasteiger partial charge in [0.15, 0.2) is 0 Å². The third-order valence-corrected chi connectivity index (χ3v) is 3.89. The molecule has 0 aromatic heterocycles. The SMILES string of the molecule is CNCCCNC(=O)C(Cc1cccc(Br)c1)CC(C)C. The van der Waals surface area contributed by atoms with Crippen molar-refractivity contribution in [3.63, 3.8) is 0 Å². The van der Waals surface area contributed by atoms with E-state index in [1.54, 1.807) is 0 Å². The smallest absolute Gasteiger partial charge is 0.223 e. The molecule has 0 aliphatic rings. The van der Waals surface area contributed by atoms with Gasteiger partial charge in [-0.2, -0.15) is 0 Å². The Morgan fingerprint density at radius 3 is 2.67 bits per heavy atom. The monoisotopic (exact) mass is 354 g/mol. The number of benzene rings is 1. The zero-order valence-corrected chi connectivity index (χ0v) is 14.9. The topological polar surface area (TPSA) is 41.1 Å². The highest BCUT2D eigenvalue weighted by Gasteiger charge is 2.20. The lowest BCUT2D eigenvalue weighted by Gasteiger charge is -2.19. The number of hydrogen-bond donors (Lipinski definition) is 2. The fourth-order valence-corrected chi connectivity index (χ4v) is 2.87. The summed E-state index contributed by atoms with van der Waals surface area (Å²) >= 11 is 3.49. The molecule has 0 fully saturated rings. The number of hydrogen-bond acceptors (Lipinski definition) is 2. The van der Waals surface area contributed by atoms with Crippen molar-refractivity contribution in [2.45, 2.75) is 33.1 Å². The fraction of sp³-hybridized carbons (Fsp3) is 0.588. The highest BCUT2D eigenvalue weighted by molar-refractivity contribution is 9.10. The third kappa shape index (κ3) is 7.63. The largest absolute Gasteiger partial charge is 0.356 e. The Hall–Kier alpha value is -0.870. The molecule has 118 valence electrons. The van der Waals surface area contributed by atoms with Gasteiger partial charge < -0.3 is 10.6 Å². The Morgan fingerprint density at radius 1 is 1.29 bits per heavy atom. The molecule has 0 saturated carbocycles. The minimum atomic E-state index is 0.0499. The Balaban J connectivity index is 2.60. The Labute approximate surface area is 137 Å². The second-order valence-electron chi connectivity index (χ2n) is 5.91. The van der Waals surface area contributed by atoms with Crippen LogP contribution < -0.4 is 10.6 Å². The zero-order chi connectivity index (χ0) is 15.7. The number of nitrogens with one attached hydrogen (secondary N) is 2. The molecule has 1 aromatic carbocycles. The third-order valence-electron chi connectivity index (χ3n) is 3.40. The fourth-order valence-electron chi connectivity index (χ4n) is 2.42. The Morgan fingerprint density at radius 2 is 2.05 bits per heavy atom. The first-order valence-corrected chi connectivity index (χ1v) is 8.49. The molecule has 1 unspecified atom stereocenters. The van der Waals surface area contributed by atoms with E-state index in [0.29, 0.717) is 5.92 Å². The molecule has 1 rings (SSSR count). The second kappa shape index (κ2) is 9.96. The highest BCUT2D eigenvalue weighted by Crippen LogP contribution is 2.20. The average molecular weight is 355 g/mol. The summed E-state index contributed by atoms with van der Waals surface area (Å²) < 4.78 is 1.07. The summed E-state index contributed by atoms with van der Waals surface area (Å²) in [4.78, 5) is 12.4. The Bertz CT molecular complexity index is 435. The van der Waals surface area contributed by atoms with Gasteiger partial charge in [0.1, 0.15) is 0 Å². The van der Waals surface area contributed by atoms with Crippen LogP contribution in [0, 0.1) is 11.8 Å². The van der Waals surface area contributed by atoms with Gasteiger partial charge in [0.05, 0.1) is 0 Å². The van der Waals surface area contributed by atoms with Crippen molar-refractivity contribution in [3.8, 4) is 0 Å². The summed E-state index contributed by atoms with van der Waals surface area (Å²) in [6, 6.07) is 8.23. The van der Waals surface area contributed by atoms with Gasteiger partial charge in [-0.25, -0.2) is 0 Å². The quantitative estimate of drug-likeness (QED) is 0.667. The summed E-state index contributed by atoms with van der Waals surface area (Å²) in [6.45, 7) is 6.01. The normalized spacial score (nSPS) is 12.4. The summed E-state index contributed by atoms with van der Waals surface area (Å²) in [7, 11) is 1.93. The van der Waals surface area contributed by atoms with Crippen LogP contribution in [0.4, 0.5) is 0 Å². The first-order valence-electron chi connectivity index (χ1n) is 7.69. The van der Waals surface area contributed by atoms with Gasteiger partial charge in [-0.1, -0.05) is 41.9 Å². The van der Waals surface area contributed by atoms with Crippen LogP contribution in [0.25, 0.3) is 0 Å². The maximum atomic E-state index is 12.4. The van der Waals surface area contributed by atoms with Gasteiger partial charge in [0.2, 0.25) is 5.91 Å². The van der Waals surface area contributed by atoms with Crippen LogP contribution in [0.15, 0.2) is 28.7 Å². The second-order valence-corrected chi connectivity index (χ2v) is 6.82. The van der Waals surface area contributed by atoms with Crippen LogP contribution >= 0.6 is 15.9 Å². The molecule has 0 radical (unpaired) electrons. The number of carbonyl (C=O) groups excluding carboxylic acids is 1. The Kier molecular flexibility index (Phi) is 8.62. The van der Waals surface area contributed by atoms with E-state index >= 15 is 0 Å². The number of halogens is 1. The van der Waals surface area contributed by atoms with E-state index in [1.807, 2.05) is 19.2 Å². The van der Waals surface area contributed by atoms with Crippen molar-refractivity contribution in [1.29, 1.82) is 0 Å². The first kappa shape index (κ1) is 18.2. The molecule has 1 atom stereocenters. The van der Waals surface area contributed by atoms with Gasteiger partial charge >= 0.3 is 0 Å². The van der Waals surface area contributed by atoms with Crippen LogP contribution in [0.3, 0.4) is 0 Å². The number of carbonyl (C=O) groups is 1. The molecule has 3 nitrogen and oxygen atoms in total. The van der Waals surface area contributed by atoms with Gasteiger partial charge in [0, 0.05) is 16.9 Å². The van der Waals surface area contributed by atoms with Crippen molar-refractivity contribution < 1.29 is 4.79 Å². The summed E-state index contributed by atoms with van der Waals surface area (Å²) in [5, 5.41) is 6.16. The molecule has 0 spiro atoms. The molecule has 4 heteroatoms. The number of rotatable bonds is 9. The van der Waals surface area contributed by atoms with Crippen LogP contribution in [0.2, 0.25) is 0 Å². The molecule has 1 aromatic rings. The first-order chi connectivity index (χ1) is 10.0. The van der Waals surface area contributed by atoms with Crippen molar-refractivity contribution in [2.75, 3.05) is 20.1 Å². The van der Waals surface area contributed by atoms with Gasteiger partial charge in [-0.15, -0.1) is 0 Å². The van der Waals surface area contributed by atoms with Crippen molar-refractivity contribution in [1.82, 2.24) is 10.6 Å². The van der Waals surface area contributed by atoms with Crippen molar-refractivity contribution >= 4 is 21.8 Å². The highest BCUT2D eigenvalue weighted by atomic mass is 79.9. The van der Waals surface area contributed by atoms with Crippen LogP contribution in [0.5, 0.6) is 0 Å². The minimum Gasteiger partial charge on any atom is -0.356 e. The van der Waals surface area contributed by atoms with Gasteiger partial charge in [0.25, 0.3) is 0 Å². The molecule has 0 aliphatic heterocycles. The number of amides is 1. The minimum absolute atomic E-state index is 0.0499. The molecule has 0 bridgehead atoms. The predicted octanol–water partition coefficient (Wildman–Crippen LogP) is 3.38. The van der Waals surface area contributed by atoms with Gasteiger partial charge in [-0.05, 0) is 56.5 Å². The lowest BCUT2D eigenvalue weighted by atomic mass is 9.90. The van der Waals surface area contributed by atoms with E-state index in [2.05, 4.69) is 52.5 Å². The molecular formula is C17H27BrN2O. The molecular weight excluding hydrogens is 328 g/mol. The molecule has 0 saturated heterocycles. The summed E-state index contributed by atoms with van der Waals surface area (Å²) in [5.41, 5.74) is 1.21. The van der Waals surface area contributed by atoms with E-state index in [0.717, 1.165) is 36.8 Å². The summed E-state index contributed by atoms with van der Waals surface area (Å²) in [6.07, 6.45) is 2.69. The van der Waals surface area contributed by atoms with E-state index in [4.69, 9.17) is 0 Å². The zero-order valence-electron chi connectivity index (χ0n) is 13.3. The van der Waals surface area contributed by atoms with Crippen LogP contribution in [-0.2, 0) is 11.2 Å². The molecule has 0 heterocycles. The van der Waals surface area contributed by atoms with Gasteiger partial charge in [-0.3, -0.25) is 4.79 Å². The van der Waals surface area contributed by atoms with E-state index < -0.39 is 0 Å². The standard InChI is InChI=1S/C17H27BrN2O/c1-13(2)10-15(17(21)20-9-5-8-19-3)11-14-6-4-7-16(18)12-14/h4,6-7,12-13,15,19H,5,8-11H2,1-3H3,(H,20,21). The molecule has 1 amide bonds. The van der Waals surface area contributed by atoms with E-state index in [-0.39, 0.29) is 11.8 Å². The molecule has 0 aliphatic carbocycles. The lowest BCUT2D eigenvalue weighted by Crippen LogP contribution is -2.34. The van der Waals surface area contributed by atoms with Crippen LogP contribution in [0.1, 0.15) is 32.3 Å². The predicted molar refractivity (Wildman–Crippen MR) is 92.3 cm³/mol. The average Bonchev–Trinajstić information content (AvgIpc) is 2.42. The van der Waals surface area contributed by atoms with E-state index in [9.17, 15) is 4.79 Å². The van der Waals surface area contributed by atoms with Crippen molar-refractivity contribution in [2.24, 2.45) is 11.8 Å². The lowest BCUT2D eigenvalue weighted by molar-refractivity contribution is -0.125. The van der Waals surface area contributed by atoms with Crippen molar-refractivity contribution in [3.05, 3.63) is 34.3 Å². The summed E-state index contributed by atoms with van der Waals surface area (Å²) in [5.74, 6) is 0.749. The molecule has 2 N–H and O–H groups in total. The van der Waals surface area contributed by atoms with Crippen LogP contribution in [-0.4, -0.2) is 26.0 Å².